The number of ketones is 1. The van der Waals surface area contributed by atoms with Gasteiger partial charge in [0.15, 0.2) is 11.5 Å². The van der Waals surface area contributed by atoms with Crippen LogP contribution in [0.25, 0.3) is 0 Å². The zero-order valence-corrected chi connectivity index (χ0v) is 11.0. The van der Waals surface area contributed by atoms with Gasteiger partial charge >= 0.3 is 0 Å². The Labute approximate surface area is 111 Å². The number of Topliss-reactive ketones (excluding diaryl/α,β-unsaturated/α-hetero) is 1. The Morgan fingerprint density at radius 3 is 2.63 bits per heavy atom. The molecule has 0 atom stereocenters. The number of furan rings is 1. The summed E-state index contributed by atoms with van der Waals surface area (Å²) in [5, 5.41) is 0. The summed E-state index contributed by atoms with van der Waals surface area (Å²) < 4.78 is 10.9. The van der Waals surface area contributed by atoms with E-state index in [9.17, 15) is 9.59 Å². The predicted octanol–water partition coefficient (Wildman–Crippen LogP) is 1.58. The number of morpholine rings is 1. The highest BCUT2D eigenvalue weighted by Gasteiger charge is 2.31. The summed E-state index contributed by atoms with van der Waals surface area (Å²) in [6.45, 7) is 4.09. The number of hydrogen-bond acceptors (Lipinski definition) is 4. The van der Waals surface area contributed by atoms with Gasteiger partial charge in [-0.3, -0.25) is 9.59 Å². The fourth-order valence-corrected chi connectivity index (χ4v) is 2.76. The van der Waals surface area contributed by atoms with Gasteiger partial charge in [-0.1, -0.05) is 0 Å². The van der Waals surface area contributed by atoms with Crippen LogP contribution in [-0.4, -0.2) is 42.9 Å². The summed E-state index contributed by atoms with van der Waals surface area (Å²) in [5.41, 5.74) is 1.35. The topological polar surface area (TPSA) is 59.8 Å². The molecule has 0 aromatic carbocycles. The van der Waals surface area contributed by atoms with Crippen molar-refractivity contribution in [1.82, 2.24) is 4.90 Å². The average Bonchev–Trinajstić information content (AvgIpc) is 2.78. The lowest BCUT2D eigenvalue weighted by Gasteiger charge is -2.26. The van der Waals surface area contributed by atoms with E-state index >= 15 is 0 Å². The Morgan fingerprint density at radius 1 is 1.21 bits per heavy atom. The third-order valence-corrected chi connectivity index (χ3v) is 3.80. The molecule has 5 nitrogen and oxygen atoms in total. The van der Waals surface area contributed by atoms with Crippen LogP contribution in [0.2, 0.25) is 0 Å². The van der Waals surface area contributed by atoms with E-state index in [2.05, 4.69) is 0 Å². The van der Waals surface area contributed by atoms with E-state index in [1.165, 1.54) is 0 Å². The molecule has 1 aliphatic carbocycles. The fraction of sp³-hybridized carbons (Fsp3) is 0.571. The van der Waals surface area contributed by atoms with Crippen LogP contribution in [0, 0.1) is 6.92 Å². The van der Waals surface area contributed by atoms with Gasteiger partial charge in [0.1, 0.15) is 5.76 Å². The lowest BCUT2D eigenvalue weighted by molar-refractivity contribution is 0.0281. The number of rotatable bonds is 1. The standard InChI is InChI=1S/C14H17NO4/c1-9-12-10(16)3-2-4-11(12)19-13(9)14(17)15-5-7-18-8-6-15/h2-8H2,1H3. The van der Waals surface area contributed by atoms with Crippen molar-refractivity contribution in [2.45, 2.75) is 26.2 Å². The second kappa shape index (κ2) is 4.81. The molecule has 1 aliphatic heterocycles. The summed E-state index contributed by atoms with van der Waals surface area (Å²) in [6.07, 6.45) is 2.11. The lowest BCUT2D eigenvalue weighted by atomic mass is 9.94. The van der Waals surface area contributed by atoms with E-state index in [1.54, 1.807) is 11.8 Å². The van der Waals surface area contributed by atoms with Gasteiger partial charge in [0.05, 0.1) is 18.8 Å². The summed E-state index contributed by atoms with van der Waals surface area (Å²) in [5.74, 6) is 0.999. The van der Waals surface area contributed by atoms with Crippen LogP contribution in [0.15, 0.2) is 4.42 Å². The highest BCUT2D eigenvalue weighted by atomic mass is 16.5. The van der Waals surface area contributed by atoms with E-state index in [-0.39, 0.29) is 11.7 Å². The van der Waals surface area contributed by atoms with Gasteiger partial charge in [-0.15, -0.1) is 0 Å². The summed E-state index contributed by atoms with van der Waals surface area (Å²) in [7, 11) is 0. The van der Waals surface area contributed by atoms with Crippen LogP contribution in [0.3, 0.4) is 0 Å². The van der Waals surface area contributed by atoms with Gasteiger partial charge in [-0.2, -0.15) is 0 Å². The second-order valence-corrected chi connectivity index (χ2v) is 5.04. The molecule has 1 fully saturated rings. The molecule has 0 spiro atoms. The Kier molecular flexibility index (Phi) is 3.14. The van der Waals surface area contributed by atoms with Crippen LogP contribution in [0.5, 0.6) is 0 Å². The SMILES string of the molecule is Cc1c(C(=O)N2CCOCC2)oc2c1C(=O)CCC2. The zero-order valence-electron chi connectivity index (χ0n) is 11.0. The third-order valence-electron chi connectivity index (χ3n) is 3.80. The average molecular weight is 263 g/mol. The summed E-state index contributed by atoms with van der Waals surface area (Å²) in [4.78, 5) is 26.1. The van der Waals surface area contributed by atoms with Crippen molar-refractivity contribution in [3.63, 3.8) is 0 Å². The van der Waals surface area contributed by atoms with Crippen LogP contribution in [-0.2, 0) is 11.2 Å². The monoisotopic (exact) mass is 263 g/mol. The minimum atomic E-state index is -0.122. The highest BCUT2D eigenvalue weighted by Crippen LogP contribution is 2.30. The molecule has 1 aromatic rings. The van der Waals surface area contributed by atoms with E-state index in [0.717, 1.165) is 12.8 Å². The molecule has 5 heteroatoms. The van der Waals surface area contributed by atoms with Crippen LogP contribution >= 0.6 is 0 Å². The molecule has 0 unspecified atom stereocenters. The second-order valence-electron chi connectivity index (χ2n) is 5.04. The van der Waals surface area contributed by atoms with Gasteiger partial charge in [0.25, 0.3) is 5.91 Å². The first-order valence-electron chi connectivity index (χ1n) is 6.71. The molecule has 1 amide bonds. The number of ether oxygens (including phenoxy) is 1. The minimum absolute atomic E-state index is 0.100. The maximum absolute atomic E-state index is 12.4. The highest BCUT2D eigenvalue weighted by molar-refractivity contribution is 6.03. The molecule has 2 heterocycles. The van der Waals surface area contributed by atoms with Crippen LogP contribution < -0.4 is 0 Å². The minimum Gasteiger partial charge on any atom is -0.455 e. The quantitative estimate of drug-likeness (QED) is 0.771. The molecule has 1 aromatic heterocycles. The van der Waals surface area contributed by atoms with E-state index in [0.29, 0.717) is 55.4 Å². The first-order valence-corrected chi connectivity index (χ1v) is 6.71. The predicted molar refractivity (Wildman–Crippen MR) is 67.4 cm³/mol. The van der Waals surface area contributed by atoms with Crippen LogP contribution in [0.4, 0.5) is 0 Å². The van der Waals surface area contributed by atoms with Crippen molar-refractivity contribution >= 4 is 11.7 Å². The van der Waals surface area contributed by atoms with Gasteiger partial charge < -0.3 is 14.1 Å². The Hall–Kier alpha value is -1.62. The first-order chi connectivity index (χ1) is 9.18. The maximum Gasteiger partial charge on any atom is 0.290 e. The molecular formula is C14H17NO4. The molecule has 102 valence electrons. The number of fused-ring (bicyclic) bond motifs is 1. The zero-order chi connectivity index (χ0) is 13.4. The number of carbonyl (C=O) groups is 2. The van der Waals surface area contributed by atoms with E-state index in [1.807, 2.05) is 0 Å². The molecule has 0 saturated carbocycles. The molecule has 0 radical (unpaired) electrons. The number of nitrogens with zero attached hydrogens (tertiary/aromatic N) is 1. The molecule has 3 rings (SSSR count). The molecule has 0 bridgehead atoms. The normalized spacial score (nSPS) is 19.4. The molecule has 19 heavy (non-hydrogen) atoms. The van der Waals surface area contributed by atoms with E-state index in [4.69, 9.17) is 9.15 Å². The van der Waals surface area contributed by atoms with Crippen molar-refractivity contribution < 1.29 is 18.7 Å². The van der Waals surface area contributed by atoms with Gasteiger partial charge in [0, 0.05) is 31.5 Å². The molecule has 1 saturated heterocycles. The van der Waals surface area contributed by atoms with Gasteiger partial charge in [-0.25, -0.2) is 0 Å². The van der Waals surface area contributed by atoms with E-state index < -0.39 is 0 Å². The Balaban J connectivity index is 1.92. The van der Waals surface area contributed by atoms with Crippen molar-refractivity contribution in [3.05, 3.63) is 22.6 Å². The molecular weight excluding hydrogens is 246 g/mol. The van der Waals surface area contributed by atoms with Crippen molar-refractivity contribution in [1.29, 1.82) is 0 Å². The third kappa shape index (κ3) is 2.08. The number of amides is 1. The molecule has 2 aliphatic rings. The van der Waals surface area contributed by atoms with Gasteiger partial charge in [0.2, 0.25) is 0 Å². The maximum atomic E-state index is 12.4. The Morgan fingerprint density at radius 2 is 1.95 bits per heavy atom. The number of aryl methyl sites for hydroxylation is 1. The largest absolute Gasteiger partial charge is 0.455 e. The van der Waals surface area contributed by atoms with Crippen molar-refractivity contribution in [2.75, 3.05) is 26.3 Å². The first kappa shape index (κ1) is 12.4. The summed E-state index contributed by atoms with van der Waals surface area (Å²) in [6, 6.07) is 0. The smallest absolute Gasteiger partial charge is 0.290 e. The Bertz CT molecular complexity index is 526. The lowest BCUT2D eigenvalue weighted by Crippen LogP contribution is -2.40. The number of carbonyl (C=O) groups excluding carboxylic acids is 2. The summed E-state index contributed by atoms with van der Waals surface area (Å²) >= 11 is 0. The fourth-order valence-electron chi connectivity index (χ4n) is 2.76. The van der Waals surface area contributed by atoms with Crippen molar-refractivity contribution in [2.24, 2.45) is 0 Å². The molecule has 0 N–H and O–H groups in total. The number of hydrogen-bond donors (Lipinski definition) is 0. The van der Waals surface area contributed by atoms with Gasteiger partial charge in [-0.05, 0) is 13.3 Å². The van der Waals surface area contributed by atoms with Crippen LogP contribution in [0.1, 0.15) is 45.1 Å². The van der Waals surface area contributed by atoms with Crippen molar-refractivity contribution in [3.8, 4) is 0 Å².